The standard InChI is InChI=1S/C25H15N3O2S/c29-23(17-10-9-15-5-1-2-6-16(15)13-17)28-25-27-20-12-11-18(14-22(20)31-25)24-26-19-7-3-4-8-21(19)30-24/h1-14H,(H,27,28,29). The first-order valence-corrected chi connectivity index (χ1v) is 10.6. The van der Waals surface area contributed by atoms with E-state index in [1.54, 1.807) is 0 Å². The second kappa shape index (κ2) is 7.04. The predicted molar refractivity (Wildman–Crippen MR) is 125 cm³/mol. The maximum absolute atomic E-state index is 12.8. The summed E-state index contributed by atoms with van der Waals surface area (Å²) in [5, 5.41) is 5.61. The average molecular weight is 421 g/mol. The number of aromatic nitrogens is 2. The van der Waals surface area contributed by atoms with Crippen LogP contribution in [0.1, 0.15) is 10.4 Å². The zero-order chi connectivity index (χ0) is 20.8. The Labute approximate surface area is 181 Å². The number of hydrogen-bond donors (Lipinski definition) is 1. The smallest absolute Gasteiger partial charge is 0.257 e. The molecule has 31 heavy (non-hydrogen) atoms. The van der Waals surface area contributed by atoms with Crippen molar-refractivity contribution in [3.05, 3.63) is 90.5 Å². The van der Waals surface area contributed by atoms with E-state index >= 15 is 0 Å². The molecule has 5 nitrogen and oxygen atoms in total. The van der Waals surface area contributed by atoms with Gasteiger partial charge in [0.25, 0.3) is 5.91 Å². The van der Waals surface area contributed by atoms with E-state index in [0.717, 1.165) is 37.7 Å². The number of anilines is 1. The Morgan fingerprint density at radius 1 is 0.806 bits per heavy atom. The molecular weight excluding hydrogens is 406 g/mol. The van der Waals surface area contributed by atoms with Crippen molar-refractivity contribution < 1.29 is 9.21 Å². The fourth-order valence-electron chi connectivity index (χ4n) is 3.61. The van der Waals surface area contributed by atoms with Gasteiger partial charge in [0.2, 0.25) is 5.89 Å². The molecule has 1 N–H and O–H groups in total. The van der Waals surface area contributed by atoms with E-state index in [4.69, 9.17) is 4.42 Å². The Morgan fingerprint density at radius 2 is 1.65 bits per heavy atom. The minimum atomic E-state index is -0.177. The Bertz CT molecular complexity index is 1570. The first-order valence-electron chi connectivity index (χ1n) is 9.80. The van der Waals surface area contributed by atoms with Crippen molar-refractivity contribution in [2.75, 3.05) is 5.32 Å². The van der Waals surface area contributed by atoms with E-state index in [1.165, 1.54) is 11.3 Å². The predicted octanol–water partition coefficient (Wildman–Crippen LogP) is 6.51. The molecule has 0 atom stereocenters. The van der Waals surface area contributed by atoms with E-state index < -0.39 is 0 Å². The highest BCUT2D eigenvalue weighted by atomic mass is 32.1. The van der Waals surface area contributed by atoms with E-state index in [1.807, 2.05) is 84.9 Å². The molecule has 0 aliphatic heterocycles. The maximum Gasteiger partial charge on any atom is 0.257 e. The number of carbonyl (C=O) groups is 1. The van der Waals surface area contributed by atoms with Crippen molar-refractivity contribution in [2.45, 2.75) is 0 Å². The van der Waals surface area contributed by atoms with Crippen LogP contribution in [0.5, 0.6) is 0 Å². The molecule has 0 aliphatic carbocycles. The van der Waals surface area contributed by atoms with Crippen molar-refractivity contribution in [3.63, 3.8) is 0 Å². The van der Waals surface area contributed by atoms with Gasteiger partial charge >= 0.3 is 0 Å². The molecular formula is C25H15N3O2S. The molecule has 4 aromatic carbocycles. The lowest BCUT2D eigenvalue weighted by molar-refractivity contribution is 0.102. The summed E-state index contributed by atoms with van der Waals surface area (Å²) in [6.45, 7) is 0. The van der Waals surface area contributed by atoms with Gasteiger partial charge in [-0.1, -0.05) is 53.8 Å². The number of para-hydroxylation sites is 2. The van der Waals surface area contributed by atoms with Crippen LogP contribution in [0.25, 0.3) is 43.5 Å². The molecule has 0 spiro atoms. The summed E-state index contributed by atoms with van der Waals surface area (Å²) in [5.41, 5.74) is 3.87. The van der Waals surface area contributed by atoms with Crippen LogP contribution in [0.15, 0.2) is 89.3 Å². The molecule has 2 aromatic heterocycles. The lowest BCUT2D eigenvalue weighted by Gasteiger charge is -2.03. The molecule has 0 radical (unpaired) electrons. The number of rotatable bonds is 3. The summed E-state index contributed by atoms with van der Waals surface area (Å²) < 4.78 is 6.82. The summed E-state index contributed by atoms with van der Waals surface area (Å²) in [6.07, 6.45) is 0. The molecule has 6 rings (SSSR count). The number of amides is 1. The number of benzene rings is 4. The largest absolute Gasteiger partial charge is 0.436 e. The quantitative estimate of drug-likeness (QED) is 0.354. The van der Waals surface area contributed by atoms with Crippen molar-refractivity contribution in [3.8, 4) is 11.5 Å². The number of nitrogens with one attached hydrogen (secondary N) is 1. The summed E-state index contributed by atoms with van der Waals surface area (Å²) >= 11 is 1.43. The maximum atomic E-state index is 12.8. The Hall–Kier alpha value is -4.03. The zero-order valence-electron chi connectivity index (χ0n) is 16.2. The summed E-state index contributed by atoms with van der Waals surface area (Å²) in [4.78, 5) is 21.9. The lowest BCUT2D eigenvalue weighted by atomic mass is 10.1. The molecule has 2 heterocycles. The van der Waals surface area contributed by atoms with Crippen molar-refractivity contribution >= 4 is 54.5 Å². The highest BCUT2D eigenvalue weighted by Gasteiger charge is 2.13. The van der Waals surface area contributed by atoms with E-state index in [2.05, 4.69) is 15.3 Å². The molecule has 0 bridgehead atoms. The third kappa shape index (κ3) is 3.23. The summed E-state index contributed by atoms with van der Waals surface area (Å²) in [5.74, 6) is 0.391. The van der Waals surface area contributed by atoms with Gasteiger partial charge in [-0.05, 0) is 53.2 Å². The Balaban J connectivity index is 1.30. The SMILES string of the molecule is O=C(Nc1nc2ccc(-c3nc4ccccc4o3)cc2s1)c1ccc2ccccc2c1. The van der Waals surface area contributed by atoms with Crippen LogP contribution in [-0.2, 0) is 0 Å². The Kier molecular flexibility index (Phi) is 4.04. The number of thiazole rings is 1. The molecule has 1 amide bonds. The Morgan fingerprint density at radius 3 is 2.55 bits per heavy atom. The van der Waals surface area contributed by atoms with Gasteiger partial charge in [-0.2, -0.15) is 0 Å². The van der Waals surface area contributed by atoms with Crippen LogP contribution in [-0.4, -0.2) is 15.9 Å². The third-order valence-electron chi connectivity index (χ3n) is 5.16. The van der Waals surface area contributed by atoms with Gasteiger partial charge in [-0.25, -0.2) is 9.97 Å². The topological polar surface area (TPSA) is 68.0 Å². The van der Waals surface area contributed by atoms with E-state index in [-0.39, 0.29) is 5.91 Å². The summed E-state index contributed by atoms with van der Waals surface area (Å²) in [7, 11) is 0. The first-order chi connectivity index (χ1) is 15.2. The zero-order valence-corrected chi connectivity index (χ0v) is 17.0. The third-order valence-corrected chi connectivity index (χ3v) is 6.09. The molecule has 148 valence electrons. The van der Waals surface area contributed by atoms with Crippen LogP contribution in [0.2, 0.25) is 0 Å². The van der Waals surface area contributed by atoms with E-state index in [9.17, 15) is 4.79 Å². The minimum Gasteiger partial charge on any atom is -0.436 e. The van der Waals surface area contributed by atoms with Crippen molar-refractivity contribution in [1.82, 2.24) is 9.97 Å². The van der Waals surface area contributed by atoms with Crippen LogP contribution in [0, 0.1) is 0 Å². The number of hydrogen-bond acceptors (Lipinski definition) is 5. The van der Waals surface area contributed by atoms with E-state index in [0.29, 0.717) is 16.6 Å². The first kappa shape index (κ1) is 17.8. The van der Waals surface area contributed by atoms with Gasteiger partial charge in [-0.3, -0.25) is 10.1 Å². The van der Waals surface area contributed by atoms with Crippen LogP contribution in [0.4, 0.5) is 5.13 Å². The number of fused-ring (bicyclic) bond motifs is 3. The van der Waals surface area contributed by atoms with Gasteiger partial charge in [0, 0.05) is 11.1 Å². The fourth-order valence-corrected chi connectivity index (χ4v) is 4.51. The van der Waals surface area contributed by atoms with Crippen LogP contribution in [0.3, 0.4) is 0 Å². The van der Waals surface area contributed by atoms with Crippen LogP contribution >= 0.6 is 11.3 Å². The van der Waals surface area contributed by atoms with Gasteiger partial charge in [0.15, 0.2) is 10.7 Å². The van der Waals surface area contributed by atoms with Gasteiger partial charge in [-0.15, -0.1) is 0 Å². The molecule has 0 saturated carbocycles. The number of carbonyl (C=O) groups excluding carboxylic acids is 1. The van der Waals surface area contributed by atoms with Gasteiger partial charge < -0.3 is 4.42 Å². The highest BCUT2D eigenvalue weighted by Crippen LogP contribution is 2.32. The average Bonchev–Trinajstić information content (AvgIpc) is 3.41. The lowest BCUT2D eigenvalue weighted by Crippen LogP contribution is -2.11. The van der Waals surface area contributed by atoms with Gasteiger partial charge in [0.05, 0.1) is 10.2 Å². The second-order valence-electron chi connectivity index (χ2n) is 7.20. The molecule has 6 heteroatoms. The molecule has 6 aromatic rings. The minimum absolute atomic E-state index is 0.177. The molecule has 0 unspecified atom stereocenters. The molecule has 0 saturated heterocycles. The number of nitrogens with zero attached hydrogens (tertiary/aromatic N) is 2. The van der Waals surface area contributed by atoms with Crippen molar-refractivity contribution in [2.24, 2.45) is 0 Å². The number of oxazole rings is 1. The highest BCUT2D eigenvalue weighted by molar-refractivity contribution is 7.22. The molecule has 0 aliphatic rings. The normalized spacial score (nSPS) is 11.4. The molecule has 0 fully saturated rings. The van der Waals surface area contributed by atoms with Crippen LogP contribution < -0.4 is 5.32 Å². The second-order valence-corrected chi connectivity index (χ2v) is 8.23. The van der Waals surface area contributed by atoms with Crippen molar-refractivity contribution in [1.29, 1.82) is 0 Å². The monoisotopic (exact) mass is 421 g/mol. The fraction of sp³-hybridized carbons (Fsp3) is 0. The van der Waals surface area contributed by atoms with Gasteiger partial charge in [0.1, 0.15) is 5.52 Å². The summed E-state index contributed by atoms with van der Waals surface area (Å²) in [6, 6.07) is 27.2.